The fraction of sp³-hybridized carbons (Fsp3) is 0.385. The third-order valence-corrected chi connectivity index (χ3v) is 2.45. The summed E-state index contributed by atoms with van der Waals surface area (Å²) in [6.45, 7) is 0.872. The van der Waals surface area contributed by atoms with Gasteiger partial charge >= 0.3 is 0 Å². The smallest absolute Gasteiger partial charge is 0.261 e. The standard InChI is InChI=1S/C13H16N2O4/c1-9(13(18)15-11(7-16)8-17)19-12-4-2-10(6-14)3-5-12/h2-5,9,11,16-17H,7-8H2,1H3,(H,15,18). The minimum atomic E-state index is -0.770. The first-order chi connectivity index (χ1) is 9.10. The molecule has 1 amide bonds. The molecule has 0 aromatic heterocycles. The van der Waals surface area contributed by atoms with E-state index in [1.54, 1.807) is 31.2 Å². The van der Waals surface area contributed by atoms with Crippen LogP contribution in [0.15, 0.2) is 24.3 Å². The SMILES string of the molecule is CC(Oc1ccc(C#N)cc1)C(=O)NC(CO)CO. The number of nitrogens with zero attached hydrogens (tertiary/aromatic N) is 1. The molecule has 1 atom stereocenters. The quantitative estimate of drug-likeness (QED) is 0.660. The zero-order chi connectivity index (χ0) is 14.3. The molecule has 0 heterocycles. The average molecular weight is 264 g/mol. The molecule has 0 saturated carbocycles. The molecule has 0 aliphatic rings. The molecule has 1 unspecified atom stereocenters. The minimum Gasteiger partial charge on any atom is -0.481 e. The predicted octanol–water partition coefficient (Wildman–Crippen LogP) is -0.205. The fourth-order valence-corrected chi connectivity index (χ4v) is 1.33. The molecule has 0 saturated heterocycles. The Morgan fingerprint density at radius 1 is 1.37 bits per heavy atom. The van der Waals surface area contributed by atoms with Gasteiger partial charge in [-0.25, -0.2) is 0 Å². The summed E-state index contributed by atoms with van der Waals surface area (Å²) in [6.07, 6.45) is -0.770. The van der Waals surface area contributed by atoms with Gasteiger partial charge in [0.05, 0.1) is 30.9 Å². The molecule has 0 bridgehead atoms. The summed E-state index contributed by atoms with van der Waals surface area (Å²) in [5.74, 6) is 0.0312. The highest BCUT2D eigenvalue weighted by Crippen LogP contribution is 2.13. The van der Waals surface area contributed by atoms with Crippen molar-refractivity contribution in [1.82, 2.24) is 5.32 Å². The number of nitrogens with one attached hydrogen (secondary N) is 1. The molecule has 1 rings (SSSR count). The number of ether oxygens (including phenoxy) is 1. The van der Waals surface area contributed by atoms with Crippen molar-refractivity contribution in [1.29, 1.82) is 5.26 Å². The van der Waals surface area contributed by atoms with E-state index in [0.717, 1.165) is 0 Å². The number of aliphatic hydroxyl groups is 2. The van der Waals surface area contributed by atoms with Crippen molar-refractivity contribution in [2.24, 2.45) is 0 Å². The Morgan fingerprint density at radius 3 is 2.42 bits per heavy atom. The summed E-state index contributed by atoms with van der Waals surface area (Å²) in [5, 5.41) is 28.8. The maximum atomic E-state index is 11.7. The normalized spacial score (nSPS) is 11.7. The van der Waals surface area contributed by atoms with Crippen molar-refractivity contribution >= 4 is 5.91 Å². The maximum Gasteiger partial charge on any atom is 0.261 e. The molecule has 0 radical (unpaired) electrons. The highest BCUT2D eigenvalue weighted by Gasteiger charge is 2.18. The third kappa shape index (κ3) is 4.58. The van der Waals surface area contributed by atoms with Gasteiger partial charge in [0.1, 0.15) is 5.75 Å². The largest absolute Gasteiger partial charge is 0.481 e. The number of carbonyl (C=O) groups is 1. The van der Waals surface area contributed by atoms with E-state index in [-0.39, 0.29) is 13.2 Å². The molecule has 1 aromatic rings. The van der Waals surface area contributed by atoms with Crippen molar-refractivity contribution < 1.29 is 19.7 Å². The number of carbonyl (C=O) groups excluding carboxylic acids is 1. The van der Waals surface area contributed by atoms with Gasteiger partial charge in [0, 0.05) is 0 Å². The summed E-state index contributed by atoms with van der Waals surface area (Å²) in [5.41, 5.74) is 0.505. The zero-order valence-corrected chi connectivity index (χ0v) is 10.5. The highest BCUT2D eigenvalue weighted by atomic mass is 16.5. The molecule has 1 aromatic carbocycles. The van der Waals surface area contributed by atoms with E-state index < -0.39 is 18.1 Å². The zero-order valence-electron chi connectivity index (χ0n) is 10.5. The lowest BCUT2D eigenvalue weighted by Gasteiger charge is -2.18. The number of aliphatic hydroxyl groups excluding tert-OH is 2. The van der Waals surface area contributed by atoms with Gasteiger partial charge in [-0.1, -0.05) is 0 Å². The van der Waals surface area contributed by atoms with Gasteiger partial charge in [-0.05, 0) is 31.2 Å². The van der Waals surface area contributed by atoms with Crippen LogP contribution in [0.5, 0.6) is 5.75 Å². The van der Waals surface area contributed by atoms with Gasteiger partial charge in [0.2, 0.25) is 0 Å². The fourth-order valence-electron chi connectivity index (χ4n) is 1.33. The first kappa shape index (κ1) is 15.0. The van der Waals surface area contributed by atoms with Gasteiger partial charge in [-0.15, -0.1) is 0 Å². The Morgan fingerprint density at radius 2 is 1.95 bits per heavy atom. The lowest BCUT2D eigenvalue weighted by Crippen LogP contribution is -2.45. The number of hydrogen-bond acceptors (Lipinski definition) is 5. The van der Waals surface area contributed by atoms with Gasteiger partial charge in [0.15, 0.2) is 6.10 Å². The van der Waals surface area contributed by atoms with Crippen LogP contribution in [-0.2, 0) is 4.79 Å². The van der Waals surface area contributed by atoms with Crippen LogP contribution in [-0.4, -0.2) is 41.5 Å². The monoisotopic (exact) mass is 264 g/mol. The Bertz CT molecular complexity index is 449. The first-order valence-corrected chi connectivity index (χ1v) is 5.79. The van der Waals surface area contributed by atoms with E-state index in [9.17, 15) is 4.79 Å². The Kier molecular flexibility index (Phi) is 5.79. The summed E-state index contributed by atoms with van der Waals surface area (Å²) in [6, 6.07) is 7.65. The molecule has 0 aliphatic heterocycles. The molecule has 102 valence electrons. The Hall–Kier alpha value is -2.10. The summed E-state index contributed by atoms with van der Waals surface area (Å²) >= 11 is 0. The Balaban J connectivity index is 2.56. The molecule has 6 heteroatoms. The van der Waals surface area contributed by atoms with Crippen molar-refractivity contribution in [3.05, 3.63) is 29.8 Å². The summed E-state index contributed by atoms with van der Waals surface area (Å²) < 4.78 is 5.38. The van der Waals surface area contributed by atoms with Crippen LogP contribution in [0.1, 0.15) is 12.5 Å². The van der Waals surface area contributed by atoms with E-state index in [4.69, 9.17) is 20.2 Å². The van der Waals surface area contributed by atoms with E-state index >= 15 is 0 Å². The van der Waals surface area contributed by atoms with Crippen LogP contribution in [0, 0.1) is 11.3 Å². The van der Waals surface area contributed by atoms with Gasteiger partial charge in [-0.3, -0.25) is 4.79 Å². The highest BCUT2D eigenvalue weighted by molar-refractivity contribution is 5.81. The van der Waals surface area contributed by atoms with Crippen LogP contribution in [0.2, 0.25) is 0 Å². The molecule has 19 heavy (non-hydrogen) atoms. The van der Waals surface area contributed by atoms with Gasteiger partial charge in [-0.2, -0.15) is 5.26 Å². The predicted molar refractivity (Wildman–Crippen MR) is 67.3 cm³/mol. The van der Waals surface area contributed by atoms with Crippen LogP contribution in [0.4, 0.5) is 0 Å². The number of amides is 1. The van der Waals surface area contributed by atoms with Crippen molar-refractivity contribution in [2.75, 3.05) is 13.2 Å². The summed E-state index contributed by atoms with van der Waals surface area (Å²) in [7, 11) is 0. The van der Waals surface area contributed by atoms with Gasteiger partial charge < -0.3 is 20.3 Å². The van der Waals surface area contributed by atoms with Crippen molar-refractivity contribution in [3.8, 4) is 11.8 Å². The second-order valence-corrected chi connectivity index (χ2v) is 3.97. The lowest BCUT2D eigenvalue weighted by atomic mass is 10.2. The first-order valence-electron chi connectivity index (χ1n) is 5.79. The minimum absolute atomic E-state index is 0.341. The van der Waals surface area contributed by atoms with Crippen molar-refractivity contribution in [3.63, 3.8) is 0 Å². The van der Waals surface area contributed by atoms with E-state index in [1.165, 1.54) is 0 Å². The topological polar surface area (TPSA) is 103 Å². The number of hydrogen-bond donors (Lipinski definition) is 3. The Labute approximate surface area is 111 Å². The van der Waals surface area contributed by atoms with E-state index in [2.05, 4.69) is 5.32 Å². The second kappa shape index (κ2) is 7.36. The van der Waals surface area contributed by atoms with E-state index in [0.29, 0.717) is 11.3 Å². The lowest BCUT2D eigenvalue weighted by molar-refractivity contribution is -0.128. The molecule has 0 fully saturated rings. The second-order valence-electron chi connectivity index (χ2n) is 3.97. The van der Waals surface area contributed by atoms with Crippen LogP contribution in [0.25, 0.3) is 0 Å². The van der Waals surface area contributed by atoms with Crippen LogP contribution >= 0.6 is 0 Å². The average Bonchev–Trinajstić information content (AvgIpc) is 2.45. The number of rotatable bonds is 6. The molecular weight excluding hydrogens is 248 g/mol. The number of nitriles is 1. The molecule has 6 nitrogen and oxygen atoms in total. The number of benzene rings is 1. The van der Waals surface area contributed by atoms with Crippen LogP contribution < -0.4 is 10.1 Å². The van der Waals surface area contributed by atoms with Crippen molar-refractivity contribution in [2.45, 2.75) is 19.1 Å². The van der Waals surface area contributed by atoms with E-state index in [1.807, 2.05) is 6.07 Å². The molecule has 3 N–H and O–H groups in total. The molecule has 0 spiro atoms. The third-order valence-electron chi connectivity index (χ3n) is 2.45. The molecule has 0 aliphatic carbocycles. The maximum absolute atomic E-state index is 11.7. The van der Waals surface area contributed by atoms with Gasteiger partial charge in [0.25, 0.3) is 5.91 Å². The molecular formula is C13H16N2O4. The summed E-state index contributed by atoms with van der Waals surface area (Å²) in [4.78, 5) is 11.7. The van der Waals surface area contributed by atoms with Crippen LogP contribution in [0.3, 0.4) is 0 Å².